The van der Waals surface area contributed by atoms with Gasteiger partial charge in [0.05, 0.1) is 16.6 Å². The van der Waals surface area contributed by atoms with Crippen molar-refractivity contribution < 1.29 is 0 Å². The van der Waals surface area contributed by atoms with Crippen molar-refractivity contribution in [2.45, 2.75) is 0 Å². The van der Waals surface area contributed by atoms with E-state index in [1.165, 1.54) is 0 Å². The van der Waals surface area contributed by atoms with E-state index in [1.807, 2.05) is 36.5 Å². The Morgan fingerprint density at radius 3 is 2.25 bits per heavy atom. The van der Waals surface area contributed by atoms with E-state index in [4.69, 9.17) is 0 Å². The molecule has 2 aromatic heterocycles. The predicted molar refractivity (Wildman–Crippen MR) is 63.5 cm³/mol. The summed E-state index contributed by atoms with van der Waals surface area (Å²) in [5, 5.41) is 11.9. The molecule has 0 bridgehead atoms. The van der Waals surface area contributed by atoms with Gasteiger partial charge in [-0.2, -0.15) is 0 Å². The van der Waals surface area contributed by atoms with E-state index in [9.17, 15) is 0 Å². The topological polar surface area (TPSA) is 38.7 Å². The smallest absolute Gasteiger partial charge is 0.0958 e. The van der Waals surface area contributed by atoms with E-state index < -0.39 is 0 Å². The highest BCUT2D eigenvalue weighted by atomic mass is 15.1. The second-order valence-corrected chi connectivity index (χ2v) is 3.87. The summed E-state index contributed by atoms with van der Waals surface area (Å²) in [6.07, 6.45) is 1.89. The lowest BCUT2D eigenvalue weighted by molar-refractivity contribution is 1.12. The predicted octanol–water partition coefficient (Wildman–Crippen LogP) is 2.77. The van der Waals surface area contributed by atoms with Gasteiger partial charge in [-0.25, -0.2) is 0 Å². The lowest BCUT2D eigenvalue weighted by Gasteiger charge is -2.06. The maximum absolute atomic E-state index is 4.44. The highest BCUT2D eigenvalue weighted by molar-refractivity contribution is 6.19. The molecule has 16 heavy (non-hydrogen) atoms. The van der Waals surface area contributed by atoms with Gasteiger partial charge in [0, 0.05) is 22.4 Å². The molecule has 0 N–H and O–H groups in total. The Morgan fingerprint density at radius 1 is 0.688 bits per heavy atom. The van der Waals surface area contributed by atoms with Crippen molar-refractivity contribution in [2.24, 2.45) is 0 Å². The summed E-state index contributed by atoms with van der Waals surface area (Å²) in [5.74, 6) is 0. The third-order valence-corrected chi connectivity index (χ3v) is 2.95. The van der Waals surface area contributed by atoms with E-state index in [0.717, 1.165) is 32.7 Å². The van der Waals surface area contributed by atoms with Crippen LogP contribution in [0, 0.1) is 0 Å². The number of nitrogens with zero attached hydrogens (tertiary/aromatic N) is 3. The molecule has 4 aromatic rings. The Kier molecular flexibility index (Phi) is 1.31. The van der Waals surface area contributed by atoms with Crippen LogP contribution in [0.1, 0.15) is 0 Å². The average Bonchev–Trinajstić information content (AvgIpc) is 2.36. The molecule has 2 heterocycles. The van der Waals surface area contributed by atoms with Gasteiger partial charge in [-0.3, -0.25) is 4.98 Å². The fourth-order valence-electron chi connectivity index (χ4n) is 2.24. The molecule has 0 aliphatic heterocycles. The molecule has 3 nitrogen and oxygen atoms in total. The van der Waals surface area contributed by atoms with Gasteiger partial charge in [-0.05, 0) is 18.2 Å². The van der Waals surface area contributed by atoms with Gasteiger partial charge in [-0.15, -0.1) is 10.2 Å². The SMILES string of the molecule is c1cc2cnc3cccc4nnc(c1)c2c34. The number of hydrogen-bond acceptors (Lipinski definition) is 3. The van der Waals surface area contributed by atoms with Crippen LogP contribution >= 0.6 is 0 Å². The Morgan fingerprint density at radius 2 is 1.38 bits per heavy atom. The molecule has 0 spiro atoms. The standard InChI is InChI=1S/C13H7N3/c1-3-8-7-14-9-4-2-6-11-13(9)12(8)10(5-1)15-16-11/h1-7H. The summed E-state index contributed by atoms with van der Waals surface area (Å²) in [5.41, 5.74) is 2.83. The second-order valence-electron chi connectivity index (χ2n) is 3.87. The minimum Gasteiger partial charge on any atom is -0.256 e. The Balaban J connectivity index is 2.51. The molecule has 74 valence electrons. The molecule has 0 unspecified atom stereocenters. The summed E-state index contributed by atoms with van der Waals surface area (Å²) in [4.78, 5) is 4.44. The van der Waals surface area contributed by atoms with Crippen LogP contribution in [-0.4, -0.2) is 15.2 Å². The van der Waals surface area contributed by atoms with Gasteiger partial charge in [0.25, 0.3) is 0 Å². The Labute approximate surface area is 91.1 Å². The van der Waals surface area contributed by atoms with Crippen LogP contribution in [0.4, 0.5) is 0 Å². The maximum Gasteiger partial charge on any atom is 0.0958 e. The molecule has 2 aromatic carbocycles. The molecular weight excluding hydrogens is 198 g/mol. The van der Waals surface area contributed by atoms with Gasteiger partial charge in [0.2, 0.25) is 0 Å². The van der Waals surface area contributed by atoms with Crippen molar-refractivity contribution >= 4 is 32.7 Å². The van der Waals surface area contributed by atoms with Crippen LogP contribution < -0.4 is 0 Å². The van der Waals surface area contributed by atoms with Crippen LogP contribution in [-0.2, 0) is 0 Å². The minimum absolute atomic E-state index is 0.911. The van der Waals surface area contributed by atoms with E-state index in [1.54, 1.807) is 0 Å². The fraction of sp³-hybridized carbons (Fsp3) is 0. The summed E-state index contributed by atoms with van der Waals surface area (Å²) in [7, 11) is 0. The zero-order valence-corrected chi connectivity index (χ0v) is 8.38. The van der Waals surface area contributed by atoms with E-state index in [0.29, 0.717) is 0 Å². The normalized spacial score (nSPS) is 11.8. The molecule has 0 radical (unpaired) electrons. The van der Waals surface area contributed by atoms with Crippen molar-refractivity contribution in [3.8, 4) is 0 Å². The minimum atomic E-state index is 0.911. The second kappa shape index (κ2) is 2.64. The average molecular weight is 205 g/mol. The summed E-state index contributed by atoms with van der Waals surface area (Å²) in [6.45, 7) is 0. The third kappa shape index (κ3) is 0.852. The van der Waals surface area contributed by atoms with E-state index in [2.05, 4.69) is 21.2 Å². The van der Waals surface area contributed by atoms with Crippen molar-refractivity contribution in [2.75, 3.05) is 0 Å². The van der Waals surface area contributed by atoms with Gasteiger partial charge in [0.15, 0.2) is 0 Å². The lowest BCUT2D eigenvalue weighted by atomic mass is 10.0. The van der Waals surface area contributed by atoms with Gasteiger partial charge in [-0.1, -0.05) is 18.2 Å². The maximum atomic E-state index is 4.44. The van der Waals surface area contributed by atoms with Crippen LogP contribution in [0.2, 0.25) is 0 Å². The van der Waals surface area contributed by atoms with E-state index in [-0.39, 0.29) is 0 Å². The number of aromatic nitrogens is 3. The monoisotopic (exact) mass is 205 g/mol. The first-order valence-electron chi connectivity index (χ1n) is 5.16. The molecule has 0 saturated carbocycles. The molecule has 0 saturated heterocycles. The zero-order valence-electron chi connectivity index (χ0n) is 8.38. The van der Waals surface area contributed by atoms with Gasteiger partial charge >= 0.3 is 0 Å². The Hall–Kier alpha value is -2.29. The molecule has 0 aliphatic rings. The Bertz CT molecular complexity index is 678. The van der Waals surface area contributed by atoms with Gasteiger partial charge < -0.3 is 0 Å². The number of benzene rings is 2. The first kappa shape index (κ1) is 7.93. The molecular formula is C13H7N3. The first-order chi connectivity index (χ1) is 7.93. The number of hydrogen-bond donors (Lipinski definition) is 0. The molecule has 0 amide bonds. The lowest BCUT2D eigenvalue weighted by Crippen LogP contribution is -1.91. The van der Waals surface area contributed by atoms with Crippen LogP contribution in [0.25, 0.3) is 32.7 Å². The quantitative estimate of drug-likeness (QED) is 0.414. The molecule has 0 atom stereocenters. The van der Waals surface area contributed by atoms with Gasteiger partial charge in [0.1, 0.15) is 0 Å². The van der Waals surface area contributed by atoms with Crippen LogP contribution in [0.3, 0.4) is 0 Å². The van der Waals surface area contributed by atoms with Crippen molar-refractivity contribution in [3.05, 3.63) is 42.6 Å². The first-order valence-corrected chi connectivity index (χ1v) is 5.16. The molecule has 3 heteroatoms. The molecule has 0 fully saturated rings. The van der Waals surface area contributed by atoms with Crippen molar-refractivity contribution in [1.82, 2.24) is 15.2 Å². The van der Waals surface area contributed by atoms with E-state index >= 15 is 0 Å². The molecule has 4 rings (SSSR count). The fourth-order valence-corrected chi connectivity index (χ4v) is 2.24. The molecule has 0 aliphatic carbocycles. The van der Waals surface area contributed by atoms with Crippen molar-refractivity contribution in [1.29, 1.82) is 0 Å². The highest BCUT2D eigenvalue weighted by Gasteiger charge is 2.09. The van der Waals surface area contributed by atoms with Crippen LogP contribution in [0.5, 0.6) is 0 Å². The zero-order chi connectivity index (χ0) is 10.5. The van der Waals surface area contributed by atoms with Crippen LogP contribution in [0.15, 0.2) is 42.6 Å². The highest BCUT2D eigenvalue weighted by Crippen LogP contribution is 2.29. The largest absolute Gasteiger partial charge is 0.256 e. The summed E-state index contributed by atoms with van der Waals surface area (Å²) >= 11 is 0. The van der Waals surface area contributed by atoms with Crippen molar-refractivity contribution in [3.63, 3.8) is 0 Å². The number of pyridine rings is 1. The summed E-state index contributed by atoms with van der Waals surface area (Å²) < 4.78 is 0. The number of rotatable bonds is 0. The third-order valence-electron chi connectivity index (χ3n) is 2.95. The summed E-state index contributed by atoms with van der Waals surface area (Å²) in [6, 6.07) is 12.0.